The maximum Gasteiger partial charge on any atom is 0.408 e. The average Bonchev–Trinajstić information content (AvgIpc) is 3.20. The van der Waals surface area contributed by atoms with Crippen molar-refractivity contribution in [2.24, 2.45) is 0 Å². The molecule has 2 N–H and O–H groups in total. The van der Waals surface area contributed by atoms with Crippen LogP contribution in [0.1, 0.15) is 28.7 Å². The Morgan fingerprint density at radius 2 is 1.26 bits per heavy atom. The number of aliphatic carboxylic acids is 1. The summed E-state index contributed by atoms with van der Waals surface area (Å²) in [5.74, 6) is -1.24. The second-order valence-corrected chi connectivity index (χ2v) is 8.23. The number of nitrogens with one attached hydrogen (secondary N) is 1. The van der Waals surface area contributed by atoms with E-state index in [1.54, 1.807) is 12.1 Å². The first kappa shape index (κ1) is 21.5. The Labute approximate surface area is 197 Å². The predicted octanol–water partition coefficient (Wildman–Crippen LogP) is 6.02. The highest BCUT2D eigenvalue weighted by atomic mass is 16.5. The summed E-state index contributed by atoms with van der Waals surface area (Å²) < 4.78 is 5.52. The Kier molecular flexibility index (Phi) is 5.83. The Hall–Kier alpha value is -4.38. The summed E-state index contributed by atoms with van der Waals surface area (Å²) in [4.78, 5) is 24.5. The Bertz CT molecular complexity index is 1290. The van der Waals surface area contributed by atoms with Gasteiger partial charge in [0.15, 0.2) is 6.04 Å². The van der Waals surface area contributed by atoms with Crippen molar-refractivity contribution in [1.82, 2.24) is 5.32 Å². The van der Waals surface area contributed by atoms with Crippen LogP contribution in [0.3, 0.4) is 0 Å². The number of benzene rings is 4. The second-order valence-electron chi connectivity index (χ2n) is 8.23. The molecule has 0 fully saturated rings. The van der Waals surface area contributed by atoms with Crippen molar-refractivity contribution in [2.75, 3.05) is 6.61 Å². The van der Waals surface area contributed by atoms with Gasteiger partial charge < -0.3 is 15.2 Å². The molecule has 0 spiro atoms. The largest absolute Gasteiger partial charge is 0.479 e. The van der Waals surface area contributed by atoms with Crippen LogP contribution in [0.4, 0.5) is 4.79 Å². The van der Waals surface area contributed by atoms with Gasteiger partial charge in [0, 0.05) is 5.92 Å². The van der Waals surface area contributed by atoms with Crippen LogP contribution in [0, 0.1) is 0 Å². The lowest BCUT2D eigenvalue weighted by Crippen LogP contribution is -2.34. The smallest absolute Gasteiger partial charge is 0.408 e. The highest BCUT2D eigenvalue weighted by molar-refractivity contribution is 5.82. The van der Waals surface area contributed by atoms with Crippen LogP contribution in [0.5, 0.6) is 0 Å². The summed E-state index contributed by atoms with van der Waals surface area (Å²) in [7, 11) is 0. The number of carboxylic acid groups (broad SMARTS) is 1. The first-order valence-electron chi connectivity index (χ1n) is 11.1. The van der Waals surface area contributed by atoms with E-state index in [1.807, 2.05) is 78.9 Å². The SMILES string of the molecule is O=C(NC(C(=O)O)c1ccc(-c2ccccc2)cc1)OCC1c2ccccc2-c2ccccc21. The monoisotopic (exact) mass is 449 g/mol. The highest BCUT2D eigenvalue weighted by Crippen LogP contribution is 2.44. The highest BCUT2D eigenvalue weighted by Gasteiger charge is 2.30. The molecule has 1 unspecified atom stereocenters. The van der Waals surface area contributed by atoms with Crippen molar-refractivity contribution in [2.45, 2.75) is 12.0 Å². The summed E-state index contributed by atoms with van der Waals surface area (Å²) in [6.45, 7) is 0.124. The Morgan fingerprint density at radius 1 is 0.735 bits per heavy atom. The molecule has 1 atom stereocenters. The molecule has 0 aromatic heterocycles. The quantitative estimate of drug-likeness (QED) is 0.378. The fourth-order valence-corrected chi connectivity index (χ4v) is 4.54. The maximum absolute atomic E-state index is 12.6. The Morgan fingerprint density at radius 3 is 1.85 bits per heavy atom. The molecule has 0 radical (unpaired) electrons. The minimum absolute atomic E-state index is 0.0911. The number of carbonyl (C=O) groups excluding carboxylic acids is 1. The third kappa shape index (κ3) is 4.16. The second kappa shape index (κ2) is 9.24. The van der Waals surface area contributed by atoms with Crippen LogP contribution >= 0.6 is 0 Å². The molecule has 0 heterocycles. The van der Waals surface area contributed by atoms with E-state index in [4.69, 9.17) is 4.74 Å². The number of rotatable bonds is 6. The molecule has 4 aromatic carbocycles. The van der Waals surface area contributed by atoms with Gasteiger partial charge in [-0.2, -0.15) is 0 Å². The lowest BCUT2D eigenvalue weighted by atomic mass is 9.98. The van der Waals surface area contributed by atoms with Crippen LogP contribution in [0.15, 0.2) is 103 Å². The van der Waals surface area contributed by atoms with Gasteiger partial charge in [-0.15, -0.1) is 0 Å². The van der Waals surface area contributed by atoms with E-state index in [0.717, 1.165) is 33.4 Å². The van der Waals surface area contributed by atoms with E-state index >= 15 is 0 Å². The molecular weight excluding hydrogens is 426 g/mol. The van der Waals surface area contributed by atoms with Crippen molar-refractivity contribution >= 4 is 12.1 Å². The fraction of sp³-hybridized carbons (Fsp3) is 0.103. The van der Waals surface area contributed by atoms with E-state index in [1.165, 1.54) is 0 Å². The summed E-state index contributed by atoms with van der Waals surface area (Å²) in [5, 5.41) is 12.2. The van der Waals surface area contributed by atoms with Gasteiger partial charge in [0.2, 0.25) is 0 Å². The number of alkyl carbamates (subject to hydrolysis) is 1. The summed E-state index contributed by atoms with van der Waals surface area (Å²) >= 11 is 0. The molecule has 0 saturated heterocycles. The lowest BCUT2D eigenvalue weighted by Gasteiger charge is -2.18. The van der Waals surface area contributed by atoms with E-state index in [0.29, 0.717) is 5.56 Å². The zero-order chi connectivity index (χ0) is 23.5. The van der Waals surface area contributed by atoms with E-state index in [2.05, 4.69) is 17.4 Å². The normalized spacial score (nSPS) is 12.9. The summed E-state index contributed by atoms with van der Waals surface area (Å²) in [6.07, 6.45) is -0.763. The number of carboxylic acids is 1. The molecular formula is C29H23NO4. The van der Waals surface area contributed by atoms with Crippen LogP contribution in [0.25, 0.3) is 22.3 Å². The van der Waals surface area contributed by atoms with Crippen molar-refractivity contribution in [3.05, 3.63) is 120 Å². The van der Waals surface area contributed by atoms with E-state index in [9.17, 15) is 14.7 Å². The van der Waals surface area contributed by atoms with Crippen LogP contribution in [-0.4, -0.2) is 23.8 Å². The molecule has 5 heteroatoms. The average molecular weight is 450 g/mol. The molecule has 0 aliphatic heterocycles. The molecule has 0 saturated carbocycles. The van der Waals surface area contributed by atoms with Gasteiger partial charge in [0.1, 0.15) is 6.61 Å². The molecule has 1 aliphatic rings. The summed E-state index contributed by atoms with van der Waals surface area (Å²) in [5.41, 5.74) is 6.94. The third-order valence-corrected chi connectivity index (χ3v) is 6.20. The van der Waals surface area contributed by atoms with Crippen molar-refractivity contribution in [1.29, 1.82) is 0 Å². The van der Waals surface area contributed by atoms with Gasteiger partial charge in [-0.05, 0) is 38.9 Å². The molecule has 168 valence electrons. The zero-order valence-corrected chi connectivity index (χ0v) is 18.3. The van der Waals surface area contributed by atoms with Crippen molar-refractivity contribution in [3.8, 4) is 22.3 Å². The summed E-state index contributed by atoms with van der Waals surface area (Å²) in [6, 6.07) is 31.8. The minimum atomic E-state index is -1.21. The van der Waals surface area contributed by atoms with Gasteiger partial charge in [-0.25, -0.2) is 9.59 Å². The van der Waals surface area contributed by atoms with Crippen LogP contribution < -0.4 is 5.32 Å². The van der Waals surface area contributed by atoms with Crippen molar-refractivity contribution < 1.29 is 19.4 Å². The molecule has 4 aromatic rings. The molecule has 5 rings (SSSR count). The first-order chi connectivity index (χ1) is 16.6. The third-order valence-electron chi connectivity index (χ3n) is 6.20. The first-order valence-corrected chi connectivity index (χ1v) is 11.1. The standard InChI is InChI=1S/C29H23NO4/c31-28(32)27(21-16-14-20(15-17-21)19-8-2-1-3-9-19)30-29(33)34-18-26-24-12-6-4-10-22(24)23-11-5-7-13-25(23)26/h1-17,26-27H,18H2,(H,30,33)(H,31,32). The number of carbonyl (C=O) groups is 2. The molecule has 1 amide bonds. The van der Waals surface area contributed by atoms with Gasteiger partial charge in [-0.3, -0.25) is 0 Å². The molecule has 0 bridgehead atoms. The van der Waals surface area contributed by atoms with Crippen LogP contribution in [0.2, 0.25) is 0 Å². The minimum Gasteiger partial charge on any atom is -0.479 e. The number of ether oxygens (including phenoxy) is 1. The van der Waals surface area contributed by atoms with Gasteiger partial charge in [-0.1, -0.05) is 103 Å². The topological polar surface area (TPSA) is 75.6 Å². The van der Waals surface area contributed by atoms with E-state index in [-0.39, 0.29) is 12.5 Å². The predicted molar refractivity (Wildman–Crippen MR) is 130 cm³/mol. The molecule has 1 aliphatic carbocycles. The number of fused-ring (bicyclic) bond motifs is 3. The van der Waals surface area contributed by atoms with Gasteiger partial charge in [0.05, 0.1) is 0 Å². The lowest BCUT2D eigenvalue weighted by molar-refractivity contribution is -0.139. The van der Waals surface area contributed by atoms with E-state index < -0.39 is 18.1 Å². The maximum atomic E-state index is 12.6. The van der Waals surface area contributed by atoms with Gasteiger partial charge >= 0.3 is 12.1 Å². The van der Waals surface area contributed by atoms with Gasteiger partial charge in [0.25, 0.3) is 0 Å². The number of amides is 1. The number of hydrogen-bond donors (Lipinski definition) is 2. The Balaban J connectivity index is 1.28. The zero-order valence-electron chi connectivity index (χ0n) is 18.3. The van der Waals surface area contributed by atoms with Crippen LogP contribution in [-0.2, 0) is 9.53 Å². The molecule has 34 heavy (non-hydrogen) atoms. The molecule has 5 nitrogen and oxygen atoms in total. The van der Waals surface area contributed by atoms with Crippen molar-refractivity contribution in [3.63, 3.8) is 0 Å². The fourth-order valence-electron chi connectivity index (χ4n) is 4.54. The number of hydrogen-bond acceptors (Lipinski definition) is 3.